The molecule has 0 amide bonds. The zero-order chi connectivity index (χ0) is 13.7. The first-order chi connectivity index (χ1) is 8.89. The Kier molecular flexibility index (Phi) is 3.21. The molecule has 2 saturated heterocycles. The lowest BCUT2D eigenvalue weighted by Gasteiger charge is -2.63. The van der Waals surface area contributed by atoms with Crippen molar-refractivity contribution in [1.29, 1.82) is 0 Å². The molecule has 0 bridgehead atoms. The second-order valence-electron chi connectivity index (χ2n) is 7.52. The van der Waals surface area contributed by atoms with Crippen molar-refractivity contribution in [3.63, 3.8) is 0 Å². The monoisotopic (exact) mass is 268 g/mol. The van der Waals surface area contributed by atoms with E-state index in [1.54, 1.807) is 0 Å². The first-order valence-electron chi connectivity index (χ1n) is 7.62. The van der Waals surface area contributed by atoms with Crippen LogP contribution in [-0.2, 0) is 9.47 Å². The lowest BCUT2D eigenvalue weighted by Crippen LogP contribution is -2.79. The van der Waals surface area contributed by atoms with Crippen LogP contribution >= 0.6 is 0 Å². The lowest BCUT2D eigenvalue weighted by atomic mass is 9.48. The molecule has 4 unspecified atom stereocenters. The summed E-state index contributed by atoms with van der Waals surface area (Å²) in [6.07, 6.45) is 3.78. The number of hydrogen-bond acceptors (Lipinski definition) is 4. The molecule has 0 aromatic carbocycles. The highest BCUT2D eigenvalue weighted by Gasteiger charge is 2.67. The van der Waals surface area contributed by atoms with Gasteiger partial charge in [0.1, 0.15) is 0 Å². The van der Waals surface area contributed by atoms with Crippen molar-refractivity contribution in [3.05, 3.63) is 0 Å². The van der Waals surface area contributed by atoms with Gasteiger partial charge in [-0.15, -0.1) is 0 Å². The molecule has 3 rings (SSSR count). The number of fused-ring (bicyclic) bond motifs is 1. The minimum absolute atomic E-state index is 0.0626. The molecule has 0 aromatic rings. The van der Waals surface area contributed by atoms with Gasteiger partial charge in [-0.25, -0.2) is 0 Å². The van der Waals surface area contributed by atoms with Gasteiger partial charge in [-0.3, -0.25) is 0 Å². The molecule has 19 heavy (non-hydrogen) atoms. The van der Waals surface area contributed by atoms with E-state index in [0.717, 1.165) is 39.2 Å². The first-order valence-corrected chi connectivity index (χ1v) is 7.62. The van der Waals surface area contributed by atoms with Crippen LogP contribution in [0.25, 0.3) is 0 Å². The molecule has 3 aliphatic rings. The molecule has 1 saturated carbocycles. The van der Waals surface area contributed by atoms with E-state index in [1.165, 1.54) is 6.42 Å². The third-order valence-electron chi connectivity index (χ3n) is 5.91. The third-order valence-corrected chi connectivity index (χ3v) is 5.91. The fraction of sp³-hybridized carbons (Fsp3) is 1.00. The van der Waals surface area contributed by atoms with Gasteiger partial charge in [0, 0.05) is 42.2 Å². The highest BCUT2D eigenvalue weighted by molar-refractivity contribution is 5.21. The summed E-state index contributed by atoms with van der Waals surface area (Å²) in [5, 5.41) is 3.70. The van der Waals surface area contributed by atoms with Crippen molar-refractivity contribution in [2.45, 2.75) is 57.2 Å². The average Bonchev–Trinajstić information content (AvgIpc) is 2.85. The van der Waals surface area contributed by atoms with E-state index >= 15 is 0 Å². The van der Waals surface area contributed by atoms with Crippen LogP contribution in [0.3, 0.4) is 0 Å². The summed E-state index contributed by atoms with van der Waals surface area (Å²) in [6.45, 7) is 10.2. The molecule has 4 atom stereocenters. The van der Waals surface area contributed by atoms with Crippen molar-refractivity contribution in [2.75, 3.05) is 26.4 Å². The molecule has 0 radical (unpaired) electrons. The number of rotatable bonds is 3. The third kappa shape index (κ3) is 1.96. The predicted molar refractivity (Wildman–Crippen MR) is 75.0 cm³/mol. The molecule has 3 fully saturated rings. The summed E-state index contributed by atoms with van der Waals surface area (Å²) >= 11 is 0. The molecule has 4 heteroatoms. The van der Waals surface area contributed by atoms with Crippen molar-refractivity contribution in [3.8, 4) is 0 Å². The van der Waals surface area contributed by atoms with Gasteiger partial charge < -0.3 is 20.5 Å². The SMILES string of the molecule is CC1(NCC2(N)C3CCOC3C2(C)C)CCCOC1. The minimum Gasteiger partial charge on any atom is -0.380 e. The van der Waals surface area contributed by atoms with Crippen LogP contribution in [0, 0.1) is 11.3 Å². The second-order valence-corrected chi connectivity index (χ2v) is 7.52. The van der Waals surface area contributed by atoms with Gasteiger partial charge in [0.25, 0.3) is 0 Å². The van der Waals surface area contributed by atoms with Gasteiger partial charge in [-0.1, -0.05) is 13.8 Å². The van der Waals surface area contributed by atoms with Gasteiger partial charge >= 0.3 is 0 Å². The maximum absolute atomic E-state index is 6.76. The second kappa shape index (κ2) is 4.42. The summed E-state index contributed by atoms with van der Waals surface area (Å²) in [5.74, 6) is 0.517. The molecule has 1 aliphatic carbocycles. The Bertz CT molecular complexity index is 352. The van der Waals surface area contributed by atoms with E-state index < -0.39 is 0 Å². The summed E-state index contributed by atoms with van der Waals surface area (Å²) in [5.41, 5.74) is 6.77. The highest BCUT2D eigenvalue weighted by atomic mass is 16.5. The quantitative estimate of drug-likeness (QED) is 0.810. The lowest BCUT2D eigenvalue weighted by molar-refractivity contribution is -0.156. The topological polar surface area (TPSA) is 56.5 Å². The maximum Gasteiger partial charge on any atom is 0.0691 e. The maximum atomic E-state index is 6.76. The van der Waals surface area contributed by atoms with Crippen molar-refractivity contribution in [2.24, 2.45) is 17.1 Å². The van der Waals surface area contributed by atoms with Crippen molar-refractivity contribution in [1.82, 2.24) is 5.32 Å². The summed E-state index contributed by atoms with van der Waals surface area (Å²) in [7, 11) is 0. The fourth-order valence-electron chi connectivity index (χ4n) is 4.27. The van der Waals surface area contributed by atoms with Crippen LogP contribution in [0.2, 0.25) is 0 Å². The molecule has 110 valence electrons. The van der Waals surface area contributed by atoms with Crippen LogP contribution in [0.5, 0.6) is 0 Å². The van der Waals surface area contributed by atoms with Crippen LogP contribution in [-0.4, -0.2) is 43.5 Å². The molecule has 2 aliphatic heterocycles. The van der Waals surface area contributed by atoms with Crippen molar-refractivity contribution >= 4 is 0 Å². The Balaban J connectivity index is 1.65. The Morgan fingerprint density at radius 3 is 2.74 bits per heavy atom. The summed E-state index contributed by atoms with van der Waals surface area (Å²) < 4.78 is 11.5. The standard InChI is InChI=1S/C15H28N2O2/c1-13(2)12-11(5-8-19-12)15(13,16)9-17-14(3)6-4-7-18-10-14/h11-12,17H,4-10,16H2,1-3H3. The molecule has 2 heterocycles. The molecular weight excluding hydrogens is 240 g/mol. The zero-order valence-electron chi connectivity index (χ0n) is 12.5. The summed E-state index contributed by atoms with van der Waals surface area (Å²) in [6, 6.07) is 0. The number of nitrogens with one attached hydrogen (secondary N) is 1. The van der Waals surface area contributed by atoms with E-state index in [1.807, 2.05) is 0 Å². The first kappa shape index (κ1) is 13.8. The van der Waals surface area contributed by atoms with Crippen LogP contribution in [0.4, 0.5) is 0 Å². The molecule has 0 spiro atoms. The number of hydrogen-bond donors (Lipinski definition) is 2. The Morgan fingerprint density at radius 1 is 1.26 bits per heavy atom. The Morgan fingerprint density at radius 2 is 2.05 bits per heavy atom. The number of nitrogens with two attached hydrogens (primary N) is 1. The van der Waals surface area contributed by atoms with Gasteiger partial charge in [0.05, 0.1) is 12.7 Å². The predicted octanol–water partition coefficient (Wildman–Crippen LogP) is 1.29. The van der Waals surface area contributed by atoms with Crippen LogP contribution < -0.4 is 11.1 Å². The Labute approximate surface area is 116 Å². The molecule has 0 aromatic heterocycles. The smallest absolute Gasteiger partial charge is 0.0691 e. The van der Waals surface area contributed by atoms with E-state index in [0.29, 0.717) is 12.0 Å². The van der Waals surface area contributed by atoms with Gasteiger partial charge in [-0.2, -0.15) is 0 Å². The van der Waals surface area contributed by atoms with E-state index in [4.69, 9.17) is 15.2 Å². The molecule has 3 N–H and O–H groups in total. The number of ether oxygens (including phenoxy) is 2. The molecular formula is C15H28N2O2. The molecule has 4 nitrogen and oxygen atoms in total. The van der Waals surface area contributed by atoms with Gasteiger partial charge in [-0.05, 0) is 26.2 Å². The van der Waals surface area contributed by atoms with Crippen LogP contribution in [0.15, 0.2) is 0 Å². The van der Waals surface area contributed by atoms with Gasteiger partial charge in [0.2, 0.25) is 0 Å². The van der Waals surface area contributed by atoms with E-state index in [-0.39, 0.29) is 16.5 Å². The highest BCUT2D eigenvalue weighted by Crippen LogP contribution is 2.57. The van der Waals surface area contributed by atoms with Gasteiger partial charge in [0.15, 0.2) is 0 Å². The minimum atomic E-state index is -0.144. The zero-order valence-corrected chi connectivity index (χ0v) is 12.5. The summed E-state index contributed by atoms with van der Waals surface area (Å²) in [4.78, 5) is 0. The van der Waals surface area contributed by atoms with Crippen molar-refractivity contribution < 1.29 is 9.47 Å². The Hall–Kier alpha value is -0.160. The normalized spacial score (nSPS) is 48.6. The van der Waals surface area contributed by atoms with E-state index in [2.05, 4.69) is 26.1 Å². The van der Waals surface area contributed by atoms with Crippen LogP contribution in [0.1, 0.15) is 40.0 Å². The average molecular weight is 268 g/mol. The largest absolute Gasteiger partial charge is 0.380 e. The fourth-order valence-corrected chi connectivity index (χ4v) is 4.27. The van der Waals surface area contributed by atoms with E-state index in [9.17, 15) is 0 Å².